The van der Waals surface area contributed by atoms with E-state index >= 15 is 0 Å². The Morgan fingerprint density at radius 1 is 0.707 bits per heavy atom. The van der Waals surface area contributed by atoms with Gasteiger partial charge in [-0.1, -0.05) is 31.0 Å². The van der Waals surface area contributed by atoms with E-state index in [0.29, 0.717) is 50.9 Å². The van der Waals surface area contributed by atoms with E-state index in [0.717, 1.165) is 126 Å². The Kier molecular flexibility index (Phi) is 24.1. The van der Waals surface area contributed by atoms with Crippen molar-refractivity contribution in [2.75, 3.05) is 123 Å². The number of nitrogens with one attached hydrogen (secondary N) is 4. The van der Waals surface area contributed by atoms with Crippen molar-refractivity contribution >= 4 is 95.4 Å². The van der Waals surface area contributed by atoms with Crippen LogP contribution in [0, 0.1) is 29.3 Å². The number of aromatic nitrogens is 2. The van der Waals surface area contributed by atoms with Crippen molar-refractivity contribution in [1.82, 2.24) is 19.8 Å². The van der Waals surface area contributed by atoms with Crippen molar-refractivity contribution in [1.29, 1.82) is 0 Å². The number of aryl methyl sites for hydroxylation is 2. The van der Waals surface area contributed by atoms with E-state index in [1.165, 1.54) is 4.90 Å². The lowest BCUT2D eigenvalue weighted by atomic mass is 9.76. The van der Waals surface area contributed by atoms with Gasteiger partial charge >= 0.3 is 25.4 Å². The summed E-state index contributed by atoms with van der Waals surface area (Å²) in [4.78, 5) is 42.5. The number of aliphatic hydroxyl groups excluding tert-OH is 2. The molecule has 0 aliphatic carbocycles. The van der Waals surface area contributed by atoms with Gasteiger partial charge in [-0.3, -0.25) is 0 Å². The molecule has 0 unspecified atom stereocenters. The van der Waals surface area contributed by atoms with Crippen molar-refractivity contribution < 1.29 is 51.8 Å². The van der Waals surface area contributed by atoms with Crippen LogP contribution in [-0.2, 0) is 18.8 Å². The number of carbonyl (C=O) groups excluding carboxylic acids is 2. The van der Waals surface area contributed by atoms with E-state index in [4.69, 9.17) is 23.8 Å². The quantitative estimate of drug-likeness (QED) is 0.0516. The number of rotatable bonds is 14. The summed E-state index contributed by atoms with van der Waals surface area (Å²) in [6.07, 6.45) is -3.37. The Hall–Kier alpha value is -4.83. The second-order valence-corrected chi connectivity index (χ2v) is 24.0. The number of ether oxygens (including phenoxy) is 2. The summed E-state index contributed by atoms with van der Waals surface area (Å²) in [6, 6.07) is 19.2. The first-order valence-electron chi connectivity index (χ1n) is 28.3. The summed E-state index contributed by atoms with van der Waals surface area (Å²) in [7, 11) is -0.556. The van der Waals surface area contributed by atoms with Crippen LogP contribution in [0.25, 0.3) is 11.1 Å². The van der Waals surface area contributed by atoms with Crippen LogP contribution in [0.4, 0.5) is 57.4 Å². The number of morpholine rings is 2. The third-order valence-corrected chi connectivity index (χ3v) is 16.1. The fourth-order valence-electron chi connectivity index (χ4n) is 9.97. The summed E-state index contributed by atoms with van der Waals surface area (Å²) in [5.74, 6) is 3.44. The average Bonchev–Trinajstić information content (AvgIpc) is 4.38. The fraction of sp³-hybridized carbons (Fsp3) is 0.586. The summed E-state index contributed by atoms with van der Waals surface area (Å²) < 4.78 is 61.9. The minimum absolute atomic E-state index is 0. The summed E-state index contributed by atoms with van der Waals surface area (Å²) in [5.41, 5.74) is 5.35. The predicted octanol–water partition coefficient (Wildman–Crippen LogP) is 9.48. The van der Waals surface area contributed by atoms with Crippen molar-refractivity contribution in [3.63, 3.8) is 0 Å². The Labute approximate surface area is 503 Å². The topological polar surface area (TPSA) is 198 Å². The van der Waals surface area contributed by atoms with Gasteiger partial charge in [0.25, 0.3) is 0 Å². The first-order chi connectivity index (χ1) is 38.3. The summed E-state index contributed by atoms with van der Waals surface area (Å²) in [6.45, 7) is 26.8. The maximum atomic E-state index is 12.8. The number of aliphatic hydroxyl groups is 2. The van der Waals surface area contributed by atoms with Gasteiger partial charge < -0.3 is 69.9 Å². The van der Waals surface area contributed by atoms with Crippen molar-refractivity contribution in [3.05, 3.63) is 75.4 Å². The van der Waals surface area contributed by atoms with E-state index in [-0.39, 0.29) is 32.2 Å². The van der Waals surface area contributed by atoms with Gasteiger partial charge in [0.15, 0.2) is 0 Å². The van der Waals surface area contributed by atoms with Crippen LogP contribution < -0.4 is 36.5 Å². The molecule has 24 heteroatoms. The molecule has 6 N–H and O–H groups in total. The van der Waals surface area contributed by atoms with E-state index in [1.54, 1.807) is 26.0 Å². The van der Waals surface area contributed by atoms with Crippen LogP contribution in [0.3, 0.4) is 0 Å². The standard InChI is InChI=1S/C26H37N5O3.C20H28BF3N2O3.C12H18IN3O2.H2S/c1-4-20-7-8-31(17-20)26(33)28-22-6-5-18(2)23(15-22)21-13-24(27-16-19(3)32)29-25(14-21)30-9-11-34-12-10-30;1-13-6-7-15(10-16(13)21-28-18(2,3)19(4,5)29-21)25-17(27)26-9-8-14(12-26)11-20(22,23)24;1-9(17)8-14-11-6-10(13)7-12(15-11)16-2-4-18-5-3-16;/h5-6,13-15,19-20,32H,4,7-12,16-17H2,1-3H3,(H,27,29)(H,28,33);6-7,10,14H,8-9,11-12H2,1-5H3,(H,25,27);6-7,9,17H,2-5,8H2,1H3,(H,14,15);1H2/t19-,20+;14-;9-;/m000./s1. The number of nitrogens with zero attached hydrogens (tertiary/aromatic N) is 6. The molecule has 5 saturated heterocycles. The second-order valence-electron chi connectivity index (χ2n) is 22.8. The normalized spacial score (nSPS) is 20.2. The molecule has 0 bridgehead atoms. The third-order valence-electron chi connectivity index (χ3n) is 15.5. The van der Waals surface area contributed by atoms with E-state index in [1.807, 2.05) is 75.9 Å². The van der Waals surface area contributed by atoms with E-state index in [9.17, 15) is 33.0 Å². The molecule has 0 radical (unpaired) electrons. The molecule has 5 aliphatic rings. The number of alkyl halides is 3. The molecule has 5 aliphatic heterocycles. The van der Waals surface area contributed by atoms with E-state index < -0.39 is 49.0 Å². The number of carbonyl (C=O) groups is 2. The fourth-order valence-corrected chi connectivity index (χ4v) is 10.5. The largest absolute Gasteiger partial charge is 0.495 e. The van der Waals surface area contributed by atoms with Crippen LogP contribution >= 0.6 is 36.1 Å². The molecule has 4 aromatic rings. The number of likely N-dealkylation sites (tertiary alicyclic amines) is 2. The average molecular weight is 1280 g/mol. The zero-order chi connectivity index (χ0) is 58.6. The molecule has 4 atom stereocenters. The van der Waals surface area contributed by atoms with Crippen LogP contribution in [-0.4, -0.2) is 171 Å². The molecule has 0 spiro atoms. The SMILES string of the molecule is CC[C@@H]1CCN(C(=O)Nc2ccc(C)c(-c3cc(NC[C@H](C)O)nc(N4CCOCC4)c3)c2)C1.C[C@H](O)CNc1cc(I)cc(N2CCOCC2)n1.Cc1ccc(NC(=O)N2CC[C@@H](CC(F)(F)F)C2)cc1B1OC(C)(C)C(C)(C)O1.S. The maximum absolute atomic E-state index is 12.8. The van der Waals surface area contributed by atoms with E-state index in [2.05, 4.69) is 84.6 Å². The summed E-state index contributed by atoms with van der Waals surface area (Å²) >= 11 is 2.28. The van der Waals surface area contributed by atoms with Gasteiger partial charge in [-0.15, -0.1) is 0 Å². The number of benzene rings is 2. The zero-order valence-corrected chi connectivity index (χ0v) is 52.1. The van der Waals surface area contributed by atoms with Crippen LogP contribution in [0.5, 0.6) is 0 Å². The highest BCUT2D eigenvalue weighted by molar-refractivity contribution is 14.1. The Morgan fingerprint density at radius 3 is 1.68 bits per heavy atom. The number of anilines is 6. The van der Waals surface area contributed by atoms with Gasteiger partial charge in [0.1, 0.15) is 23.3 Å². The first-order valence-corrected chi connectivity index (χ1v) is 29.4. The first kappa shape index (κ1) is 66.3. The molecular formula is C58H85BF3IN10O8S. The Morgan fingerprint density at radius 2 is 1.18 bits per heavy atom. The molecule has 82 heavy (non-hydrogen) atoms. The number of hydrogen-bond donors (Lipinski definition) is 6. The molecule has 5 fully saturated rings. The van der Waals surface area contributed by atoms with Crippen LogP contribution in [0.2, 0.25) is 0 Å². The maximum Gasteiger partial charge on any atom is 0.495 e. The predicted molar refractivity (Wildman–Crippen MR) is 333 cm³/mol. The number of pyridine rings is 2. The van der Waals surface area contributed by atoms with Gasteiger partial charge in [-0.05, 0) is 173 Å². The molecule has 0 saturated carbocycles. The molecule has 2 aromatic heterocycles. The second kappa shape index (κ2) is 29.8. The lowest BCUT2D eigenvalue weighted by molar-refractivity contribution is -0.143. The molecule has 7 heterocycles. The Balaban J connectivity index is 0.000000205. The highest BCUT2D eigenvalue weighted by Crippen LogP contribution is 2.38. The van der Waals surface area contributed by atoms with Crippen LogP contribution in [0.15, 0.2) is 60.7 Å². The molecule has 4 amide bonds. The monoisotopic (exact) mass is 1280 g/mol. The van der Waals surface area contributed by atoms with Gasteiger partial charge in [0.2, 0.25) is 0 Å². The lowest BCUT2D eigenvalue weighted by Crippen LogP contribution is -2.41. The third kappa shape index (κ3) is 19.1. The highest BCUT2D eigenvalue weighted by atomic mass is 127. The lowest BCUT2D eigenvalue weighted by Gasteiger charge is -2.32. The molecular weight excluding hydrogens is 1190 g/mol. The van der Waals surface area contributed by atoms with Gasteiger partial charge in [0, 0.05) is 86.8 Å². The smallest absolute Gasteiger partial charge is 0.399 e. The highest BCUT2D eigenvalue weighted by Gasteiger charge is 2.52. The minimum atomic E-state index is -4.20. The number of urea groups is 2. The van der Waals surface area contributed by atoms with Crippen molar-refractivity contribution in [2.45, 2.75) is 118 Å². The Bertz CT molecular complexity index is 2720. The minimum Gasteiger partial charge on any atom is -0.399 e. The summed E-state index contributed by atoms with van der Waals surface area (Å²) in [5, 5.41) is 31.3. The van der Waals surface area contributed by atoms with Crippen LogP contribution in [0.1, 0.15) is 85.3 Å². The van der Waals surface area contributed by atoms with Gasteiger partial charge in [0.05, 0.1) is 49.8 Å². The van der Waals surface area contributed by atoms with Gasteiger partial charge in [-0.25, -0.2) is 19.6 Å². The molecule has 9 rings (SSSR count). The number of amides is 4. The van der Waals surface area contributed by atoms with Crippen molar-refractivity contribution in [2.24, 2.45) is 11.8 Å². The number of hydrogen-bond acceptors (Lipinski definition) is 14. The zero-order valence-electron chi connectivity index (χ0n) is 48.9. The number of halogens is 4. The molecule has 18 nitrogen and oxygen atoms in total. The molecule has 452 valence electrons. The molecule has 2 aromatic carbocycles. The van der Waals surface area contributed by atoms with Gasteiger partial charge in [-0.2, -0.15) is 26.7 Å². The van der Waals surface area contributed by atoms with Crippen molar-refractivity contribution in [3.8, 4) is 11.1 Å².